The number of carbonyl (C=O) groups excluding carboxylic acids is 1. The topological polar surface area (TPSA) is 101 Å². The molecule has 10 heteroatoms. The van der Waals surface area contributed by atoms with Crippen molar-refractivity contribution in [1.82, 2.24) is 29.9 Å². The molecule has 3 fully saturated rings. The van der Waals surface area contributed by atoms with Gasteiger partial charge in [0.15, 0.2) is 0 Å². The molecule has 2 N–H and O–H groups in total. The van der Waals surface area contributed by atoms with Gasteiger partial charge in [-0.25, -0.2) is 9.18 Å². The molecular formula is C23H28FN7O2. The molecule has 0 aromatic carbocycles. The number of urea groups is 1. The number of nitrogens with one attached hydrogen (secondary N) is 2. The number of fused-ring (bicyclic) bond motifs is 1. The average molecular weight is 454 g/mol. The number of halogens is 1. The van der Waals surface area contributed by atoms with Crippen LogP contribution in [0.2, 0.25) is 0 Å². The molecule has 1 unspecified atom stereocenters. The van der Waals surface area contributed by atoms with Crippen molar-refractivity contribution in [1.29, 1.82) is 0 Å². The molecule has 9 nitrogen and oxygen atoms in total. The number of rotatable bonds is 7. The third kappa shape index (κ3) is 4.07. The first-order valence-corrected chi connectivity index (χ1v) is 11.8. The van der Waals surface area contributed by atoms with Crippen LogP contribution >= 0.6 is 0 Å². The maximum Gasteiger partial charge on any atom is 0.322 e. The van der Waals surface area contributed by atoms with E-state index in [1.54, 1.807) is 23.3 Å². The molecule has 174 valence electrons. The summed E-state index contributed by atoms with van der Waals surface area (Å²) in [4.78, 5) is 19.6. The van der Waals surface area contributed by atoms with Gasteiger partial charge >= 0.3 is 6.03 Å². The van der Waals surface area contributed by atoms with E-state index >= 15 is 0 Å². The van der Waals surface area contributed by atoms with Gasteiger partial charge in [-0.15, -0.1) is 0 Å². The van der Waals surface area contributed by atoms with E-state index in [4.69, 9.17) is 4.74 Å². The highest BCUT2D eigenvalue weighted by molar-refractivity contribution is 5.94. The van der Waals surface area contributed by atoms with Crippen LogP contribution in [0.15, 0.2) is 24.7 Å². The monoisotopic (exact) mass is 453 g/mol. The van der Waals surface area contributed by atoms with E-state index in [0.717, 1.165) is 43.2 Å². The molecule has 0 radical (unpaired) electrons. The lowest BCUT2D eigenvalue weighted by Crippen LogP contribution is -2.40. The molecule has 1 atom stereocenters. The van der Waals surface area contributed by atoms with E-state index in [9.17, 15) is 9.18 Å². The van der Waals surface area contributed by atoms with Gasteiger partial charge < -0.3 is 15.0 Å². The summed E-state index contributed by atoms with van der Waals surface area (Å²) in [6, 6.07) is 2.05. The van der Waals surface area contributed by atoms with E-state index in [0.29, 0.717) is 55.0 Å². The fourth-order valence-corrected chi connectivity index (χ4v) is 4.77. The van der Waals surface area contributed by atoms with Crippen LogP contribution in [0.25, 0.3) is 22.3 Å². The van der Waals surface area contributed by atoms with Crippen LogP contribution in [0, 0.1) is 5.92 Å². The standard InChI is InChI=1S/C23H28FN7O2/c24-23(5-1-6-23)14-31-20-8-18(25-9-16(20)10-27-31)21-19(11-26-29-21)28-22(32)30(17-2-3-17)12-15-4-7-33-13-15/h8-11,15,17H,1-7,12-14H2,(H,26,29)(H,28,32). The quantitative estimate of drug-likeness (QED) is 0.568. The Labute approximate surface area is 190 Å². The van der Waals surface area contributed by atoms with Gasteiger partial charge in [0, 0.05) is 36.7 Å². The SMILES string of the molecule is O=C(Nc1cn[nH]c1-c1cc2c(cn1)cnn2CC1(F)CCC1)N(CC1CCOC1)C1CC1. The Bertz CT molecular complexity index is 1160. The molecule has 1 aliphatic heterocycles. The highest BCUT2D eigenvalue weighted by Gasteiger charge is 2.38. The number of H-pyrrole nitrogens is 1. The average Bonchev–Trinajstić information content (AvgIpc) is 3.15. The lowest BCUT2D eigenvalue weighted by atomic mass is 9.82. The number of amides is 2. The molecule has 0 bridgehead atoms. The minimum absolute atomic E-state index is 0.123. The van der Waals surface area contributed by atoms with Crippen LogP contribution in [0.4, 0.5) is 14.9 Å². The van der Waals surface area contributed by atoms with Crippen molar-refractivity contribution >= 4 is 22.6 Å². The van der Waals surface area contributed by atoms with E-state index in [1.165, 1.54) is 0 Å². The van der Waals surface area contributed by atoms with Gasteiger partial charge in [0.1, 0.15) is 11.4 Å². The van der Waals surface area contributed by atoms with Crippen molar-refractivity contribution in [3.8, 4) is 11.4 Å². The van der Waals surface area contributed by atoms with Crippen molar-refractivity contribution in [2.24, 2.45) is 5.92 Å². The maximum atomic E-state index is 14.7. The molecule has 33 heavy (non-hydrogen) atoms. The molecule has 1 saturated heterocycles. The van der Waals surface area contributed by atoms with E-state index in [1.807, 2.05) is 11.0 Å². The normalized spacial score (nSPS) is 21.8. The number of nitrogens with zero attached hydrogens (tertiary/aromatic N) is 5. The van der Waals surface area contributed by atoms with Crippen LogP contribution in [0.3, 0.4) is 0 Å². The number of carbonyl (C=O) groups is 1. The number of aromatic nitrogens is 5. The molecule has 2 aliphatic carbocycles. The first-order chi connectivity index (χ1) is 16.1. The molecule has 2 saturated carbocycles. The summed E-state index contributed by atoms with van der Waals surface area (Å²) < 4.78 is 21.9. The number of anilines is 1. The van der Waals surface area contributed by atoms with Crippen molar-refractivity contribution in [3.63, 3.8) is 0 Å². The lowest BCUT2D eigenvalue weighted by molar-refractivity contribution is 0.0418. The number of hydrogen-bond donors (Lipinski definition) is 2. The van der Waals surface area contributed by atoms with Crippen LogP contribution in [0.1, 0.15) is 38.5 Å². The highest BCUT2D eigenvalue weighted by atomic mass is 19.1. The first kappa shape index (κ1) is 20.6. The summed E-state index contributed by atoms with van der Waals surface area (Å²) in [7, 11) is 0. The Hall–Kier alpha value is -3.01. The van der Waals surface area contributed by atoms with E-state index in [2.05, 4.69) is 25.6 Å². The van der Waals surface area contributed by atoms with Gasteiger partial charge in [-0.05, 0) is 44.6 Å². The zero-order valence-electron chi connectivity index (χ0n) is 18.5. The van der Waals surface area contributed by atoms with Crippen molar-refractivity contribution < 1.29 is 13.9 Å². The molecule has 3 aromatic rings. The zero-order chi connectivity index (χ0) is 22.4. The highest BCUT2D eigenvalue weighted by Crippen LogP contribution is 2.38. The Kier molecular flexibility index (Phi) is 5.05. The van der Waals surface area contributed by atoms with E-state index < -0.39 is 5.67 Å². The predicted octanol–water partition coefficient (Wildman–Crippen LogP) is 3.75. The zero-order valence-corrected chi connectivity index (χ0v) is 18.5. The number of hydrogen-bond acceptors (Lipinski definition) is 5. The smallest absolute Gasteiger partial charge is 0.322 e. The molecule has 2 amide bonds. The molecule has 4 heterocycles. The minimum atomic E-state index is -1.17. The van der Waals surface area contributed by atoms with Crippen molar-refractivity contribution in [2.45, 2.75) is 56.8 Å². The number of alkyl halides is 1. The summed E-state index contributed by atoms with van der Waals surface area (Å²) >= 11 is 0. The summed E-state index contributed by atoms with van der Waals surface area (Å²) in [5, 5.41) is 15.4. The fraction of sp³-hybridized carbons (Fsp3) is 0.565. The Balaban J connectivity index is 1.23. The predicted molar refractivity (Wildman–Crippen MR) is 120 cm³/mol. The number of ether oxygens (including phenoxy) is 1. The van der Waals surface area contributed by atoms with Gasteiger partial charge in [0.2, 0.25) is 0 Å². The molecule has 3 aromatic heterocycles. The second-order valence-electron chi connectivity index (χ2n) is 9.64. The van der Waals surface area contributed by atoms with Gasteiger partial charge in [-0.1, -0.05) is 0 Å². The second kappa shape index (κ2) is 8.09. The van der Waals surface area contributed by atoms with Gasteiger partial charge in [-0.2, -0.15) is 10.2 Å². The summed E-state index contributed by atoms with van der Waals surface area (Å²) in [6.07, 6.45) is 10.2. The molecule has 0 spiro atoms. The lowest BCUT2D eigenvalue weighted by Gasteiger charge is -2.33. The minimum Gasteiger partial charge on any atom is -0.381 e. The van der Waals surface area contributed by atoms with Crippen molar-refractivity contribution in [3.05, 3.63) is 24.7 Å². The maximum absolute atomic E-state index is 14.7. The summed E-state index contributed by atoms with van der Waals surface area (Å²) in [6.45, 7) is 2.43. The molecular weight excluding hydrogens is 425 g/mol. The second-order valence-corrected chi connectivity index (χ2v) is 9.64. The van der Waals surface area contributed by atoms with E-state index in [-0.39, 0.29) is 12.6 Å². The Morgan fingerprint density at radius 1 is 1.30 bits per heavy atom. The van der Waals surface area contributed by atoms with Gasteiger partial charge in [0.25, 0.3) is 0 Å². The van der Waals surface area contributed by atoms with Crippen molar-refractivity contribution in [2.75, 3.05) is 25.1 Å². The Morgan fingerprint density at radius 3 is 2.91 bits per heavy atom. The van der Waals surface area contributed by atoms with Crippen LogP contribution in [-0.2, 0) is 11.3 Å². The first-order valence-electron chi connectivity index (χ1n) is 11.8. The van der Waals surface area contributed by atoms with Crippen LogP contribution in [0.5, 0.6) is 0 Å². The van der Waals surface area contributed by atoms with Crippen LogP contribution in [-0.4, -0.2) is 67.4 Å². The third-order valence-electron chi connectivity index (χ3n) is 7.07. The third-order valence-corrected chi connectivity index (χ3v) is 7.07. The molecule has 6 rings (SSSR count). The summed E-state index contributed by atoms with van der Waals surface area (Å²) in [5.74, 6) is 0.388. The summed E-state index contributed by atoms with van der Waals surface area (Å²) in [5.41, 5.74) is 1.47. The Morgan fingerprint density at radius 2 is 2.18 bits per heavy atom. The van der Waals surface area contributed by atoms with Gasteiger partial charge in [-0.3, -0.25) is 14.8 Å². The molecule has 3 aliphatic rings. The van der Waals surface area contributed by atoms with Gasteiger partial charge in [0.05, 0.1) is 42.4 Å². The number of aromatic amines is 1. The largest absolute Gasteiger partial charge is 0.381 e. The fourth-order valence-electron chi connectivity index (χ4n) is 4.77. The van der Waals surface area contributed by atoms with Crippen LogP contribution < -0.4 is 5.32 Å². The number of pyridine rings is 1.